The molecule has 0 saturated carbocycles. The molecular weight excluding hydrogens is 370 g/mol. The topological polar surface area (TPSA) is 55.4 Å². The monoisotopic (exact) mass is 393 g/mol. The van der Waals surface area contributed by atoms with Gasteiger partial charge in [-0.05, 0) is 37.4 Å². The molecule has 0 spiro atoms. The van der Waals surface area contributed by atoms with Crippen molar-refractivity contribution in [3.63, 3.8) is 0 Å². The second-order valence-corrected chi connectivity index (χ2v) is 7.73. The number of nitrogens with one attached hydrogen (secondary N) is 1. The lowest BCUT2D eigenvalue weighted by molar-refractivity contribution is -0.152. The van der Waals surface area contributed by atoms with Crippen LogP contribution < -0.4 is 5.32 Å². The zero-order valence-corrected chi connectivity index (χ0v) is 16.8. The van der Waals surface area contributed by atoms with Crippen molar-refractivity contribution in [2.24, 2.45) is 0 Å². The molecule has 0 aliphatic carbocycles. The third-order valence-electron chi connectivity index (χ3n) is 4.32. The van der Waals surface area contributed by atoms with Crippen LogP contribution in [0.25, 0.3) is 10.8 Å². The predicted octanol–water partition coefficient (Wildman–Crippen LogP) is 5.20. The lowest BCUT2D eigenvalue weighted by Crippen LogP contribution is -2.30. The van der Waals surface area contributed by atoms with Crippen LogP contribution >= 0.6 is 11.8 Å². The second-order valence-electron chi connectivity index (χ2n) is 6.56. The van der Waals surface area contributed by atoms with Crippen molar-refractivity contribution in [1.82, 2.24) is 0 Å². The molecule has 3 rings (SSSR count). The highest BCUT2D eigenvalue weighted by Crippen LogP contribution is 2.23. The summed E-state index contributed by atoms with van der Waals surface area (Å²) >= 11 is 1.60. The van der Waals surface area contributed by atoms with Gasteiger partial charge >= 0.3 is 5.97 Å². The molecule has 5 heteroatoms. The standard InChI is InChI=1S/C23H23NO3S/c1-16-10-12-19(13-11-16)28-15-14-22(25)27-17(2)23(26)24-21-9-5-7-18-6-3-4-8-20(18)21/h3-13,17H,14-15H2,1-2H3,(H,24,26)/t17-/m0/s1. The third kappa shape index (κ3) is 5.36. The molecule has 144 valence electrons. The summed E-state index contributed by atoms with van der Waals surface area (Å²) in [5, 5.41) is 4.85. The number of aryl methyl sites for hydroxylation is 1. The smallest absolute Gasteiger partial charge is 0.307 e. The molecule has 3 aromatic carbocycles. The Balaban J connectivity index is 1.49. The van der Waals surface area contributed by atoms with Crippen molar-refractivity contribution in [2.75, 3.05) is 11.1 Å². The number of thioether (sulfide) groups is 1. The Kier molecular flexibility index (Phi) is 6.71. The largest absolute Gasteiger partial charge is 0.453 e. The zero-order valence-electron chi connectivity index (χ0n) is 16.0. The van der Waals surface area contributed by atoms with Gasteiger partial charge in [-0.2, -0.15) is 0 Å². The Labute approximate surface area is 169 Å². The Bertz CT molecular complexity index is 964. The Morgan fingerprint density at radius 3 is 2.50 bits per heavy atom. The van der Waals surface area contributed by atoms with Crippen LogP contribution in [0, 0.1) is 6.92 Å². The minimum Gasteiger partial charge on any atom is -0.453 e. The summed E-state index contributed by atoms with van der Waals surface area (Å²) < 4.78 is 5.29. The van der Waals surface area contributed by atoms with Crippen LogP contribution in [0.2, 0.25) is 0 Å². The third-order valence-corrected chi connectivity index (χ3v) is 5.33. The molecule has 4 nitrogen and oxygen atoms in total. The zero-order chi connectivity index (χ0) is 19.9. The minimum absolute atomic E-state index is 0.254. The number of carbonyl (C=O) groups excluding carboxylic acids is 2. The first-order chi connectivity index (χ1) is 13.5. The van der Waals surface area contributed by atoms with E-state index in [2.05, 4.69) is 5.32 Å². The highest BCUT2D eigenvalue weighted by atomic mass is 32.2. The van der Waals surface area contributed by atoms with Crippen LogP contribution in [0.1, 0.15) is 18.9 Å². The van der Waals surface area contributed by atoms with Crippen molar-refractivity contribution >= 4 is 40.1 Å². The normalized spacial score (nSPS) is 11.8. The molecule has 0 unspecified atom stereocenters. The van der Waals surface area contributed by atoms with E-state index >= 15 is 0 Å². The fourth-order valence-electron chi connectivity index (χ4n) is 2.77. The van der Waals surface area contributed by atoms with Crippen molar-refractivity contribution in [2.45, 2.75) is 31.3 Å². The van der Waals surface area contributed by atoms with Gasteiger partial charge in [0.25, 0.3) is 5.91 Å². The molecule has 0 aliphatic rings. The minimum atomic E-state index is -0.851. The van der Waals surface area contributed by atoms with E-state index in [1.54, 1.807) is 18.7 Å². The number of amides is 1. The number of carbonyl (C=O) groups is 2. The predicted molar refractivity (Wildman–Crippen MR) is 115 cm³/mol. The molecule has 1 amide bonds. The highest BCUT2D eigenvalue weighted by molar-refractivity contribution is 7.99. The number of hydrogen-bond donors (Lipinski definition) is 1. The first-order valence-corrected chi connectivity index (χ1v) is 10.2. The maximum Gasteiger partial charge on any atom is 0.307 e. The SMILES string of the molecule is Cc1ccc(SCCC(=O)O[C@@H](C)C(=O)Nc2cccc3ccccc23)cc1. The summed E-state index contributed by atoms with van der Waals surface area (Å²) in [7, 11) is 0. The quantitative estimate of drug-likeness (QED) is 0.443. The van der Waals surface area contributed by atoms with Crippen molar-refractivity contribution in [3.05, 3.63) is 72.3 Å². The van der Waals surface area contributed by atoms with Gasteiger partial charge in [-0.3, -0.25) is 9.59 Å². The second kappa shape index (κ2) is 9.42. The highest BCUT2D eigenvalue weighted by Gasteiger charge is 2.18. The van der Waals surface area contributed by atoms with Crippen LogP contribution in [0.3, 0.4) is 0 Å². The Hall–Kier alpha value is -2.79. The van der Waals surface area contributed by atoms with E-state index in [-0.39, 0.29) is 18.3 Å². The lowest BCUT2D eigenvalue weighted by atomic mass is 10.1. The Morgan fingerprint density at radius 1 is 1.00 bits per heavy atom. The number of esters is 1. The number of anilines is 1. The van der Waals surface area contributed by atoms with Gasteiger partial charge in [0, 0.05) is 21.7 Å². The first-order valence-electron chi connectivity index (χ1n) is 9.20. The number of benzene rings is 3. The van der Waals surface area contributed by atoms with E-state index < -0.39 is 6.10 Å². The van der Waals surface area contributed by atoms with E-state index in [0.29, 0.717) is 11.4 Å². The first kappa shape index (κ1) is 20.0. The van der Waals surface area contributed by atoms with Crippen LogP contribution in [0.4, 0.5) is 5.69 Å². The molecule has 0 radical (unpaired) electrons. The molecule has 0 bridgehead atoms. The van der Waals surface area contributed by atoms with Crippen LogP contribution in [0.5, 0.6) is 0 Å². The van der Waals surface area contributed by atoms with Gasteiger partial charge in [0.2, 0.25) is 0 Å². The molecule has 0 aromatic heterocycles. The van der Waals surface area contributed by atoms with Gasteiger partial charge in [-0.25, -0.2) is 0 Å². The van der Waals surface area contributed by atoms with Gasteiger partial charge in [-0.1, -0.05) is 54.1 Å². The average molecular weight is 394 g/mol. The van der Waals surface area contributed by atoms with E-state index in [9.17, 15) is 9.59 Å². The summed E-state index contributed by atoms with van der Waals surface area (Å²) in [4.78, 5) is 25.6. The number of hydrogen-bond acceptors (Lipinski definition) is 4. The maximum absolute atomic E-state index is 12.4. The molecule has 0 fully saturated rings. The van der Waals surface area contributed by atoms with Crippen LogP contribution in [-0.2, 0) is 14.3 Å². The molecule has 0 heterocycles. The molecule has 3 aromatic rings. The van der Waals surface area contributed by atoms with E-state index in [4.69, 9.17) is 4.74 Å². The van der Waals surface area contributed by atoms with E-state index in [1.165, 1.54) is 5.56 Å². The summed E-state index contributed by atoms with van der Waals surface area (Å²) in [6.45, 7) is 3.63. The molecule has 0 saturated heterocycles. The fraction of sp³-hybridized carbons (Fsp3) is 0.217. The van der Waals surface area contributed by atoms with Crippen molar-refractivity contribution in [1.29, 1.82) is 0 Å². The lowest BCUT2D eigenvalue weighted by Gasteiger charge is -2.14. The van der Waals surface area contributed by atoms with E-state index in [1.807, 2.05) is 73.7 Å². The van der Waals surface area contributed by atoms with Gasteiger partial charge in [0.05, 0.1) is 6.42 Å². The summed E-state index contributed by atoms with van der Waals surface area (Å²) in [5.41, 5.74) is 1.91. The average Bonchev–Trinajstić information content (AvgIpc) is 2.69. The van der Waals surface area contributed by atoms with Crippen LogP contribution in [0.15, 0.2) is 71.6 Å². The Morgan fingerprint density at radius 2 is 1.71 bits per heavy atom. The number of fused-ring (bicyclic) bond motifs is 1. The van der Waals surface area contributed by atoms with Crippen LogP contribution in [-0.4, -0.2) is 23.7 Å². The molecule has 1 atom stereocenters. The summed E-state index contributed by atoms with van der Waals surface area (Å²) in [6, 6.07) is 21.7. The van der Waals surface area contributed by atoms with E-state index in [0.717, 1.165) is 15.7 Å². The summed E-state index contributed by atoms with van der Waals surface area (Å²) in [5.74, 6) is -0.101. The number of rotatable bonds is 7. The van der Waals surface area contributed by atoms with Crippen molar-refractivity contribution in [3.8, 4) is 0 Å². The van der Waals surface area contributed by atoms with Gasteiger partial charge in [0.15, 0.2) is 6.10 Å². The molecule has 0 aliphatic heterocycles. The van der Waals surface area contributed by atoms with Gasteiger partial charge < -0.3 is 10.1 Å². The van der Waals surface area contributed by atoms with Gasteiger partial charge in [-0.15, -0.1) is 11.8 Å². The van der Waals surface area contributed by atoms with Gasteiger partial charge in [0.1, 0.15) is 0 Å². The maximum atomic E-state index is 12.4. The fourth-order valence-corrected chi connectivity index (χ4v) is 3.60. The van der Waals surface area contributed by atoms with Crippen molar-refractivity contribution < 1.29 is 14.3 Å². The number of ether oxygens (including phenoxy) is 1. The summed E-state index contributed by atoms with van der Waals surface area (Å²) in [6.07, 6.45) is -0.597. The molecular formula is C23H23NO3S. The molecule has 28 heavy (non-hydrogen) atoms. The molecule has 1 N–H and O–H groups in total.